The first-order valence-electron chi connectivity index (χ1n) is 7.22. The average Bonchev–Trinajstić information content (AvgIpc) is 2.46. The van der Waals surface area contributed by atoms with E-state index in [9.17, 15) is 9.18 Å². The van der Waals surface area contributed by atoms with Crippen molar-refractivity contribution in [1.29, 1.82) is 0 Å². The van der Waals surface area contributed by atoms with Gasteiger partial charge in [0, 0.05) is 6.54 Å². The van der Waals surface area contributed by atoms with Crippen LogP contribution in [0.15, 0.2) is 12.3 Å². The Morgan fingerprint density at radius 3 is 2.65 bits per heavy atom. The fourth-order valence-electron chi connectivity index (χ4n) is 2.83. The summed E-state index contributed by atoms with van der Waals surface area (Å²) >= 11 is 0. The highest BCUT2D eigenvalue weighted by atomic mass is 19.1. The second kappa shape index (κ2) is 6.68. The lowest BCUT2D eigenvalue weighted by Crippen LogP contribution is -2.22. The van der Waals surface area contributed by atoms with Gasteiger partial charge < -0.3 is 10.4 Å². The molecule has 110 valence electrons. The molecular weight excluding hydrogens is 259 g/mol. The zero-order chi connectivity index (χ0) is 14.5. The van der Waals surface area contributed by atoms with Gasteiger partial charge in [0.2, 0.25) is 0 Å². The smallest absolute Gasteiger partial charge is 0.339 e. The molecule has 2 N–H and O–H groups in total. The third-order valence-corrected chi connectivity index (χ3v) is 4.19. The molecule has 0 spiro atoms. The minimum atomic E-state index is -1.16. The molecule has 1 aliphatic carbocycles. The first-order valence-corrected chi connectivity index (χ1v) is 7.22. The van der Waals surface area contributed by atoms with Crippen LogP contribution in [0.3, 0.4) is 0 Å². The Morgan fingerprint density at radius 1 is 1.40 bits per heavy atom. The predicted octanol–water partition coefficient (Wildman–Crippen LogP) is 3.55. The van der Waals surface area contributed by atoms with Gasteiger partial charge in [-0.05, 0) is 30.7 Å². The molecule has 0 radical (unpaired) electrons. The number of nitrogens with one attached hydrogen (secondary N) is 1. The van der Waals surface area contributed by atoms with Gasteiger partial charge in [0.05, 0.1) is 6.20 Å². The van der Waals surface area contributed by atoms with Crippen LogP contribution in [0.5, 0.6) is 0 Å². The number of hydrogen-bond acceptors (Lipinski definition) is 3. The Labute approximate surface area is 118 Å². The zero-order valence-corrected chi connectivity index (χ0v) is 11.7. The van der Waals surface area contributed by atoms with E-state index in [2.05, 4.69) is 17.2 Å². The van der Waals surface area contributed by atoms with Crippen molar-refractivity contribution in [3.8, 4) is 0 Å². The second-order valence-corrected chi connectivity index (χ2v) is 5.53. The summed E-state index contributed by atoms with van der Waals surface area (Å²) in [4.78, 5) is 14.9. The Bertz CT molecular complexity index is 471. The van der Waals surface area contributed by atoms with E-state index < -0.39 is 11.8 Å². The fourth-order valence-corrected chi connectivity index (χ4v) is 2.83. The van der Waals surface area contributed by atoms with E-state index in [1.54, 1.807) is 0 Å². The summed E-state index contributed by atoms with van der Waals surface area (Å²) in [7, 11) is 0. The lowest BCUT2D eigenvalue weighted by Gasteiger charge is -2.28. The standard InChI is InChI=1S/C15H21FN2O2/c1-2-10-3-5-11(6-4-10)8-17-14-13(15(19)20)7-12(16)9-18-14/h7,9-11H,2-6,8H2,1H3,(H,17,18)(H,19,20). The largest absolute Gasteiger partial charge is 0.478 e. The van der Waals surface area contributed by atoms with E-state index in [1.165, 1.54) is 19.3 Å². The van der Waals surface area contributed by atoms with Gasteiger partial charge in [-0.3, -0.25) is 0 Å². The van der Waals surface area contributed by atoms with Crippen LogP contribution in [0.2, 0.25) is 0 Å². The van der Waals surface area contributed by atoms with E-state index in [0.29, 0.717) is 12.5 Å². The molecule has 1 heterocycles. The Hall–Kier alpha value is -1.65. The molecule has 0 aliphatic heterocycles. The van der Waals surface area contributed by atoms with E-state index in [1.807, 2.05) is 0 Å². The maximum absolute atomic E-state index is 13.0. The maximum atomic E-state index is 13.0. The van der Waals surface area contributed by atoms with Gasteiger partial charge in [0.25, 0.3) is 0 Å². The third kappa shape index (κ3) is 3.68. The van der Waals surface area contributed by atoms with Gasteiger partial charge in [0.15, 0.2) is 0 Å². The Kier molecular flexibility index (Phi) is 4.93. The summed E-state index contributed by atoms with van der Waals surface area (Å²) in [5.41, 5.74) is -0.104. The molecule has 1 saturated carbocycles. The zero-order valence-electron chi connectivity index (χ0n) is 11.7. The monoisotopic (exact) mass is 280 g/mol. The number of aromatic nitrogens is 1. The number of carboxylic acid groups (broad SMARTS) is 1. The number of anilines is 1. The van der Waals surface area contributed by atoms with Crippen molar-refractivity contribution in [3.63, 3.8) is 0 Å². The molecule has 20 heavy (non-hydrogen) atoms. The minimum Gasteiger partial charge on any atom is -0.478 e. The van der Waals surface area contributed by atoms with Gasteiger partial charge in [-0.15, -0.1) is 0 Å². The molecule has 1 aromatic rings. The number of rotatable bonds is 5. The summed E-state index contributed by atoms with van der Waals surface area (Å²) in [6.07, 6.45) is 7.09. The molecule has 0 saturated heterocycles. The second-order valence-electron chi connectivity index (χ2n) is 5.53. The summed E-state index contributed by atoms with van der Waals surface area (Å²) in [6, 6.07) is 1.01. The van der Waals surface area contributed by atoms with Crippen LogP contribution in [-0.4, -0.2) is 22.6 Å². The van der Waals surface area contributed by atoms with Gasteiger partial charge >= 0.3 is 5.97 Å². The number of hydrogen-bond donors (Lipinski definition) is 2. The van der Waals surface area contributed by atoms with Gasteiger partial charge in [-0.2, -0.15) is 0 Å². The molecule has 1 aliphatic rings. The number of nitrogens with zero attached hydrogens (tertiary/aromatic N) is 1. The van der Waals surface area contributed by atoms with Gasteiger partial charge in [-0.1, -0.05) is 26.2 Å². The van der Waals surface area contributed by atoms with Crippen molar-refractivity contribution in [3.05, 3.63) is 23.6 Å². The predicted molar refractivity (Wildman–Crippen MR) is 75.4 cm³/mol. The maximum Gasteiger partial charge on any atom is 0.339 e. The summed E-state index contributed by atoms with van der Waals surface area (Å²) in [5.74, 6) is -0.141. The number of carboxylic acids is 1. The topological polar surface area (TPSA) is 62.2 Å². The van der Waals surface area contributed by atoms with E-state index in [-0.39, 0.29) is 11.4 Å². The first-order chi connectivity index (χ1) is 9.60. The van der Waals surface area contributed by atoms with E-state index >= 15 is 0 Å². The van der Waals surface area contributed by atoms with Crippen LogP contribution < -0.4 is 5.32 Å². The molecular formula is C15H21FN2O2. The van der Waals surface area contributed by atoms with Crippen LogP contribution in [0.4, 0.5) is 10.2 Å². The molecule has 1 aromatic heterocycles. The Morgan fingerprint density at radius 2 is 2.05 bits per heavy atom. The van der Waals surface area contributed by atoms with E-state index in [0.717, 1.165) is 31.0 Å². The normalized spacial score (nSPS) is 22.5. The van der Waals surface area contributed by atoms with Crippen LogP contribution in [0.25, 0.3) is 0 Å². The average molecular weight is 280 g/mol. The molecule has 0 unspecified atom stereocenters. The lowest BCUT2D eigenvalue weighted by molar-refractivity contribution is 0.0697. The minimum absolute atomic E-state index is 0.104. The van der Waals surface area contributed by atoms with Crippen molar-refractivity contribution in [2.45, 2.75) is 39.0 Å². The van der Waals surface area contributed by atoms with Crippen LogP contribution in [-0.2, 0) is 0 Å². The van der Waals surface area contributed by atoms with Gasteiger partial charge in [0.1, 0.15) is 17.2 Å². The first kappa shape index (κ1) is 14.8. The number of carbonyl (C=O) groups is 1. The Balaban J connectivity index is 1.93. The van der Waals surface area contributed by atoms with Crippen molar-refractivity contribution < 1.29 is 14.3 Å². The molecule has 0 atom stereocenters. The van der Waals surface area contributed by atoms with Crippen LogP contribution in [0, 0.1) is 17.7 Å². The molecule has 0 amide bonds. The molecule has 5 heteroatoms. The lowest BCUT2D eigenvalue weighted by atomic mass is 9.81. The molecule has 0 bridgehead atoms. The highest BCUT2D eigenvalue weighted by molar-refractivity contribution is 5.93. The summed E-state index contributed by atoms with van der Waals surface area (Å²) < 4.78 is 13.0. The summed E-state index contributed by atoms with van der Waals surface area (Å²) in [5, 5.41) is 12.1. The van der Waals surface area contributed by atoms with Crippen molar-refractivity contribution in [2.24, 2.45) is 11.8 Å². The quantitative estimate of drug-likeness (QED) is 0.866. The van der Waals surface area contributed by atoms with Crippen molar-refractivity contribution >= 4 is 11.8 Å². The van der Waals surface area contributed by atoms with Crippen LogP contribution >= 0.6 is 0 Å². The number of halogens is 1. The fraction of sp³-hybridized carbons (Fsp3) is 0.600. The molecule has 4 nitrogen and oxygen atoms in total. The third-order valence-electron chi connectivity index (χ3n) is 4.19. The SMILES string of the molecule is CCC1CCC(CNc2ncc(F)cc2C(=O)O)CC1. The van der Waals surface area contributed by atoms with E-state index in [4.69, 9.17) is 5.11 Å². The molecule has 0 aromatic carbocycles. The van der Waals surface area contributed by atoms with Crippen molar-refractivity contribution in [2.75, 3.05) is 11.9 Å². The highest BCUT2D eigenvalue weighted by Gasteiger charge is 2.20. The molecule has 2 rings (SSSR count). The van der Waals surface area contributed by atoms with Crippen LogP contribution in [0.1, 0.15) is 49.4 Å². The van der Waals surface area contributed by atoms with Gasteiger partial charge in [-0.25, -0.2) is 14.2 Å². The molecule has 1 fully saturated rings. The highest BCUT2D eigenvalue weighted by Crippen LogP contribution is 2.30. The summed E-state index contributed by atoms with van der Waals surface area (Å²) in [6.45, 7) is 2.93. The van der Waals surface area contributed by atoms with Crippen molar-refractivity contribution in [1.82, 2.24) is 4.98 Å². The number of pyridine rings is 1. The number of aromatic carboxylic acids is 1.